The topological polar surface area (TPSA) is 0 Å². The first-order chi connectivity index (χ1) is 4.61. The Hall–Kier alpha value is -0.660. The summed E-state index contributed by atoms with van der Waals surface area (Å²) in [5, 5.41) is 0. The normalized spacial score (nSPS) is 26.8. The van der Waals surface area contributed by atoms with Gasteiger partial charge in [0.05, 0.1) is 0 Å². The van der Waals surface area contributed by atoms with E-state index in [1.807, 2.05) is 0 Å². The molecule has 0 aromatic carbocycles. The highest BCUT2D eigenvalue weighted by Gasteiger charge is 2.16. The summed E-state index contributed by atoms with van der Waals surface area (Å²) in [5.41, 5.74) is 1.00. The quantitative estimate of drug-likeness (QED) is 0.490. The lowest BCUT2D eigenvalue weighted by Gasteiger charge is -2.14. The molecule has 0 spiro atoms. The molecule has 0 aliphatic heterocycles. The lowest BCUT2D eigenvalue weighted by molar-refractivity contribution is 0.369. The summed E-state index contributed by atoms with van der Waals surface area (Å²) in [7, 11) is 0. The molecule has 0 N–H and O–H groups in total. The smallest absolute Gasteiger partial charge is 0.125 e. The first kappa shape index (κ1) is 7.45. The fourth-order valence-corrected chi connectivity index (χ4v) is 0.941. The third-order valence-corrected chi connectivity index (χ3v) is 1.74. The second-order valence-electron chi connectivity index (χ2n) is 2.69. The van der Waals surface area contributed by atoms with Crippen LogP contribution >= 0.6 is 0 Å². The van der Waals surface area contributed by atoms with Crippen LogP contribution in [0.4, 0.5) is 8.78 Å². The molecule has 0 aromatic heterocycles. The van der Waals surface area contributed by atoms with Gasteiger partial charge in [0.2, 0.25) is 0 Å². The minimum atomic E-state index is -0.973. The van der Waals surface area contributed by atoms with Crippen LogP contribution in [0.3, 0.4) is 0 Å². The van der Waals surface area contributed by atoms with Crippen molar-refractivity contribution >= 4 is 0 Å². The SMILES string of the molecule is CC1=CC(F)=C(C)CC1F. The summed E-state index contributed by atoms with van der Waals surface area (Å²) < 4.78 is 25.4. The Kier molecular flexibility index (Phi) is 1.88. The van der Waals surface area contributed by atoms with Gasteiger partial charge >= 0.3 is 0 Å². The van der Waals surface area contributed by atoms with Crippen LogP contribution in [0, 0.1) is 0 Å². The van der Waals surface area contributed by atoms with Gasteiger partial charge in [-0.2, -0.15) is 0 Å². The second-order valence-corrected chi connectivity index (χ2v) is 2.69. The molecule has 0 heterocycles. The molecule has 0 nitrogen and oxygen atoms in total. The van der Waals surface area contributed by atoms with Gasteiger partial charge in [-0.15, -0.1) is 0 Å². The van der Waals surface area contributed by atoms with Gasteiger partial charge in [0, 0.05) is 6.42 Å². The number of halogens is 2. The Balaban J connectivity index is 2.88. The van der Waals surface area contributed by atoms with Crippen molar-refractivity contribution in [2.24, 2.45) is 0 Å². The molecule has 0 aromatic rings. The van der Waals surface area contributed by atoms with E-state index in [1.54, 1.807) is 13.8 Å². The molecule has 0 saturated heterocycles. The monoisotopic (exact) mass is 144 g/mol. The van der Waals surface area contributed by atoms with Gasteiger partial charge in [0.25, 0.3) is 0 Å². The van der Waals surface area contributed by atoms with E-state index >= 15 is 0 Å². The lowest BCUT2D eigenvalue weighted by Crippen LogP contribution is -2.07. The summed E-state index contributed by atoms with van der Waals surface area (Å²) in [6, 6.07) is 0. The van der Waals surface area contributed by atoms with E-state index in [2.05, 4.69) is 0 Å². The minimum absolute atomic E-state index is 0.216. The van der Waals surface area contributed by atoms with Crippen LogP contribution in [-0.2, 0) is 0 Å². The molecule has 2 heteroatoms. The van der Waals surface area contributed by atoms with Gasteiger partial charge in [-0.1, -0.05) is 0 Å². The molecule has 0 fully saturated rings. The summed E-state index contributed by atoms with van der Waals surface area (Å²) in [4.78, 5) is 0. The van der Waals surface area contributed by atoms with E-state index < -0.39 is 6.17 Å². The predicted molar refractivity (Wildman–Crippen MR) is 37.1 cm³/mol. The van der Waals surface area contributed by atoms with Gasteiger partial charge in [0.1, 0.15) is 12.0 Å². The molecule has 1 unspecified atom stereocenters. The molecule has 0 amide bonds. The Morgan fingerprint density at radius 1 is 1.50 bits per heavy atom. The molecule has 0 radical (unpaired) electrons. The van der Waals surface area contributed by atoms with E-state index in [9.17, 15) is 8.78 Å². The fourth-order valence-electron chi connectivity index (χ4n) is 0.941. The zero-order valence-corrected chi connectivity index (χ0v) is 6.12. The van der Waals surface area contributed by atoms with Crippen molar-refractivity contribution in [3.05, 3.63) is 23.0 Å². The van der Waals surface area contributed by atoms with Crippen molar-refractivity contribution in [2.75, 3.05) is 0 Å². The Bertz CT molecular complexity index is 201. The molecule has 56 valence electrons. The van der Waals surface area contributed by atoms with Crippen molar-refractivity contribution in [2.45, 2.75) is 26.4 Å². The maximum absolute atomic E-state index is 12.7. The largest absolute Gasteiger partial charge is 0.242 e. The highest BCUT2D eigenvalue weighted by atomic mass is 19.1. The zero-order chi connectivity index (χ0) is 7.72. The third-order valence-electron chi connectivity index (χ3n) is 1.74. The fraction of sp³-hybridized carbons (Fsp3) is 0.500. The zero-order valence-electron chi connectivity index (χ0n) is 6.12. The Labute approximate surface area is 59.2 Å². The van der Waals surface area contributed by atoms with Crippen LogP contribution in [0.2, 0.25) is 0 Å². The van der Waals surface area contributed by atoms with Crippen LogP contribution in [0.25, 0.3) is 0 Å². The van der Waals surface area contributed by atoms with Crippen molar-refractivity contribution in [1.29, 1.82) is 0 Å². The first-order valence-electron chi connectivity index (χ1n) is 3.29. The Morgan fingerprint density at radius 2 is 2.10 bits per heavy atom. The lowest BCUT2D eigenvalue weighted by atomic mass is 9.98. The van der Waals surface area contributed by atoms with Crippen LogP contribution in [0.5, 0.6) is 0 Å². The van der Waals surface area contributed by atoms with Gasteiger partial charge in [-0.05, 0) is 31.1 Å². The molecular formula is C8H10F2. The highest BCUT2D eigenvalue weighted by molar-refractivity contribution is 5.29. The van der Waals surface area contributed by atoms with Gasteiger partial charge in [-0.3, -0.25) is 0 Å². The van der Waals surface area contributed by atoms with Crippen molar-refractivity contribution in [1.82, 2.24) is 0 Å². The van der Waals surface area contributed by atoms with Crippen LogP contribution < -0.4 is 0 Å². The maximum Gasteiger partial charge on any atom is 0.125 e. The number of alkyl halides is 1. The summed E-state index contributed by atoms with van der Waals surface area (Å²) >= 11 is 0. The second kappa shape index (κ2) is 2.52. The van der Waals surface area contributed by atoms with Crippen LogP contribution in [0.15, 0.2) is 23.0 Å². The minimum Gasteiger partial charge on any atom is -0.242 e. The van der Waals surface area contributed by atoms with Crippen molar-refractivity contribution in [3.8, 4) is 0 Å². The van der Waals surface area contributed by atoms with Crippen LogP contribution in [0.1, 0.15) is 20.3 Å². The highest BCUT2D eigenvalue weighted by Crippen LogP contribution is 2.26. The van der Waals surface area contributed by atoms with Crippen LogP contribution in [-0.4, -0.2) is 6.17 Å². The Morgan fingerprint density at radius 3 is 2.60 bits per heavy atom. The van der Waals surface area contributed by atoms with Crippen molar-refractivity contribution in [3.63, 3.8) is 0 Å². The molecule has 1 aliphatic rings. The molecule has 0 bridgehead atoms. The predicted octanol–water partition coefficient (Wildman–Crippen LogP) is 2.92. The molecule has 1 aliphatic carbocycles. The van der Waals surface area contributed by atoms with E-state index in [0.717, 1.165) is 0 Å². The molecule has 1 atom stereocenters. The van der Waals surface area contributed by atoms with Gasteiger partial charge in [0.15, 0.2) is 0 Å². The van der Waals surface area contributed by atoms with Gasteiger partial charge < -0.3 is 0 Å². The first-order valence-corrected chi connectivity index (χ1v) is 3.29. The number of allylic oxidation sites excluding steroid dienone is 4. The summed E-state index contributed by atoms with van der Waals surface area (Å²) in [6.45, 7) is 3.22. The average Bonchev–Trinajstić information content (AvgIpc) is 1.84. The number of hydrogen-bond donors (Lipinski definition) is 0. The van der Waals surface area contributed by atoms with E-state index in [0.29, 0.717) is 11.1 Å². The van der Waals surface area contributed by atoms with Gasteiger partial charge in [-0.25, -0.2) is 8.78 Å². The standard InChI is InChI=1S/C8H10F2/c1-5-3-8(10)6(2)4-7(5)9/h3,7H,4H2,1-2H3. The van der Waals surface area contributed by atoms with E-state index in [-0.39, 0.29) is 12.2 Å². The maximum atomic E-state index is 12.7. The molecule has 0 saturated carbocycles. The van der Waals surface area contributed by atoms with E-state index in [4.69, 9.17) is 0 Å². The molecule has 1 rings (SSSR count). The summed E-state index contributed by atoms with van der Waals surface area (Å²) in [5.74, 6) is -0.272. The number of rotatable bonds is 0. The molecular weight excluding hydrogens is 134 g/mol. The summed E-state index contributed by atoms with van der Waals surface area (Å²) in [6.07, 6.45) is 0.511. The van der Waals surface area contributed by atoms with E-state index in [1.165, 1.54) is 6.08 Å². The molecule has 10 heavy (non-hydrogen) atoms. The van der Waals surface area contributed by atoms with Crippen molar-refractivity contribution < 1.29 is 8.78 Å². The third kappa shape index (κ3) is 1.25. The average molecular weight is 144 g/mol. The number of hydrogen-bond acceptors (Lipinski definition) is 0.